The molecule has 2 heterocycles. The number of H-pyrrole nitrogens is 1. The van der Waals surface area contributed by atoms with Gasteiger partial charge in [0.15, 0.2) is 0 Å². The Morgan fingerprint density at radius 2 is 2.06 bits per heavy atom. The number of carbonyl (C=O) groups excluding carboxylic acids is 1. The van der Waals surface area contributed by atoms with Gasteiger partial charge in [-0.3, -0.25) is 9.59 Å². The molecule has 0 aliphatic carbocycles. The quantitative estimate of drug-likeness (QED) is 0.801. The van der Waals surface area contributed by atoms with Crippen molar-refractivity contribution in [3.05, 3.63) is 28.2 Å². The van der Waals surface area contributed by atoms with Crippen LogP contribution >= 0.6 is 11.8 Å². The maximum Gasteiger partial charge on any atom is 0.274 e. The molecule has 0 radical (unpaired) electrons. The molecule has 1 aliphatic rings. The molecule has 0 spiro atoms. The van der Waals surface area contributed by atoms with Gasteiger partial charge in [-0.05, 0) is 6.07 Å². The van der Waals surface area contributed by atoms with Crippen LogP contribution in [0.5, 0.6) is 0 Å². The monoisotopic (exact) mass is 253 g/mol. The van der Waals surface area contributed by atoms with E-state index in [9.17, 15) is 9.59 Å². The minimum Gasteiger partial charge on any atom is -0.335 e. The number of nitrogens with zero attached hydrogens (tertiary/aromatic N) is 2. The van der Waals surface area contributed by atoms with E-state index in [0.717, 1.165) is 13.1 Å². The van der Waals surface area contributed by atoms with Crippen LogP contribution in [-0.2, 0) is 0 Å². The Balaban J connectivity index is 2.14. The Morgan fingerprint density at radius 1 is 1.41 bits per heavy atom. The van der Waals surface area contributed by atoms with E-state index in [1.807, 2.05) is 11.8 Å². The number of nitrogens with one attached hydrogen (secondary N) is 1. The van der Waals surface area contributed by atoms with Crippen molar-refractivity contribution in [1.29, 1.82) is 0 Å². The molecule has 1 N–H and O–H groups in total. The molecule has 0 bridgehead atoms. The first kappa shape index (κ1) is 12.2. The molecule has 0 saturated carbocycles. The normalized spacial score (nSPS) is 24.7. The van der Waals surface area contributed by atoms with E-state index in [4.69, 9.17) is 0 Å². The van der Waals surface area contributed by atoms with E-state index in [1.165, 1.54) is 12.1 Å². The van der Waals surface area contributed by atoms with Crippen LogP contribution in [0.2, 0.25) is 0 Å². The van der Waals surface area contributed by atoms with Gasteiger partial charge in [0.25, 0.3) is 11.5 Å². The van der Waals surface area contributed by atoms with Crippen molar-refractivity contribution in [2.75, 3.05) is 13.1 Å². The molecule has 0 aromatic carbocycles. The predicted octanol–water partition coefficient (Wildman–Crippen LogP) is 0.736. The first-order valence-corrected chi connectivity index (χ1v) is 6.51. The van der Waals surface area contributed by atoms with Crippen LogP contribution < -0.4 is 5.56 Å². The minimum absolute atomic E-state index is 0.111. The van der Waals surface area contributed by atoms with Gasteiger partial charge in [-0.1, -0.05) is 13.8 Å². The minimum atomic E-state index is -0.294. The van der Waals surface area contributed by atoms with Crippen LogP contribution in [0.25, 0.3) is 0 Å². The molecule has 1 saturated heterocycles. The summed E-state index contributed by atoms with van der Waals surface area (Å²) in [4.78, 5) is 24.8. The molecule has 1 aliphatic heterocycles. The molecular formula is C11H15N3O2S. The molecule has 92 valence electrons. The molecule has 1 aromatic rings. The predicted molar refractivity (Wildman–Crippen MR) is 67.3 cm³/mol. The maximum absolute atomic E-state index is 12.1. The number of thioether (sulfide) groups is 1. The van der Waals surface area contributed by atoms with E-state index in [-0.39, 0.29) is 11.5 Å². The standard InChI is InChI=1S/C11H15N3O2S/c1-7-5-14(6-8(2)17-7)11(16)9-3-4-10(15)13-12-9/h3-4,7-8H,5-6H2,1-2H3,(H,13,15). The van der Waals surface area contributed by atoms with E-state index in [0.29, 0.717) is 16.2 Å². The number of hydrogen-bond acceptors (Lipinski definition) is 4. The van der Waals surface area contributed by atoms with Crippen molar-refractivity contribution in [3.8, 4) is 0 Å². The fourth-order valence-corrected chi connectivity index (χ4v) is 3.29. The van der Waals surface area contributed by atoms with Crippen molar-refractivity contribution in [3.63, 3.8) is 0 Å². The molecule has 1 fully saturated rings. The van der Waals surface area contributed by atoms with E-state index in [1.54, 1.807) is 4.90 Å². The van der Waals surface area contributed by atoms with Crippen LogP contribution in [0.4, 0.5) is 0 Å². The van der Waals surface area contributed by atoms with E-state index in [2.05, 4.69) is 24.0 Å². The van der Waals surface area contributed by atoms with Gasteiger partial charge in [-0.25, -0.2) is 5.10 Å². The molecule has 2 atom stereocenters. The zero-order valence-electron chi connectivity index (χ0n) is 9.84. The summed E-state index contributed by atoms with van der Waals surface area (Å²) < 4.78 is 0. The molecule has 1 amide bonds. The lowest BCUT2D eigenvalue weighted by molar-refractivity contribution is 0.0746. The van der Waals surface area contributed by atoms with Crippen molar-refractivity contribution >= 4 is 17.7 Å². The molecule has 6 heteroatoms. The number of aromatic nitrogens is 2. The van der Waals surface area contributed by atoms with Gasteiger partial charge in [-0.2, -0.15) is 16.9 Å². The largest absolute Gasteiger partial charge is 0.335 e. The highest BCUT2D eigenvalue weighted by atomic mass is 32.2. The second-order valence-electron chi connectivity index (χ2n) is 4.27. The zero-order chi connectivity index (χ0) is 12.4. The Bertz CT molecular complexity index is 444. The third-order valence-corrected chi connectivity index (χ3v) is 3.83. The van der Waals surface area contributed by atoms with Gasteiger partial charge in [0.1, 0.15) is 5.69 Å². The SMILES string of the molecule is CC1CN(C(=O)c2ccc(=O)[nH]n2)CC(C)S1. The molecule has 5 nitrogen and oxygen atoms in total. The van der Waals surface area contributed by atoms with Gasteiger partial charge in [0.05, 0.1) is 0 Å². The Hall–Kier alpha value is -1.30. The summed E-state index contributed by atoms with van der Waals surface area (Å²) in [5.41, 5.74) is 0.00776. The van der Waals surface area contributed by atoms with Crippen LogP contribution in [0.1, 0.15) is 24.3 Å². The average Bonchev–Trinajstić information content (AvgIpc) is 2.28. The van der Waals surface area contributed by atoms with Gasteiger partial charge < -0.3 is 4.90 Å². The van der Waals surface area contributed by atoms with Crippen LogP contribution in [-0.4, -0.2) is 44.6 Å². The van der Waals surface area contributed by atoms with Crippen LogP contribution in [0.3, 0.4) is 0 Å². The number of hydrogen-bond donors (Lipinski definition) is 1. The van der Waals surface area contributed by atoms with Gasteiger partial charge >= 0.3 is 0 Å². The third kappa shape index (κ3) is 2.88. The third-order valence-electron chi connectivity index (χ3n) is 2.61. The smallest absolute Gasteiger partial charge is 0.274 e. The number of rotatable bonds is 1. The fourth-order valence-electron chi connectivity index (χ4n) is 1.97. The summed E-state index contributed by atoms with van der Waals surface area (Å²) in [5.74, 6) is -0.111. The average molecular weight is 253 g/mol. The fraction of sp³-hybridized carbons (Fsp3) is 0.545. The zero-order valence-corrected chi connectivity index (χ0v) is 10.7. The molecular weight excluding hydrogens is 238 g/mol. The summed E-state index contributed by atoms with van der Waals surface area (Å²) in [6.07, 6.45) is 0. The summed E-state index contributed by atoms with van der Waals surface area (Å²) >= 11 is 1.89. The topological polar surface area (TPSA) is 66.1 Å². The number of carbonyl (C=O) groups is 1. The second kappa shape index (κ2) is 4.91. The highest BCUT2D eigenvalue weighted by Crippen LogP contribution is 2.25. The highest BCUT2D eigenvalue weighted by Gasteiger charge is 2.27. The van der Waals surface area contributed by atoms with Gasteiger partial charge in [0.2, 0.25) is 0 Å². The Kier molecular flexibility index (Phi) is 3.51. The summed E-state index contributed by atoms with van der Waals surface area (Å²) in [6, 6.07) is 2.80. The summed E-state index contributed by atoms with van der Waals surface area (Å²) in [6.45, 7) is 5.69. The lowest BCUT2D eigenvalue weighted by Gasteiger charge is -2.34. The molecule has 2 rings (SSSR count). The summed E-state index contributed by atoms with van der Waals surface area (Å²) in [5, 5.41) is 6.92. The summed E-state index contributed by atoms with van der Waals surface area (Å²) in [7, 11) is 0. The van der Waals surface area contributed by atoms with E-state index >= 15 is 0 Å². The van der Waals surface area contributed by atoms with E-state index < -0.39 is 0 Å². The van der Waals surface area contributed by atoms with Crippen molar-refractivity contribution < 1.29 is 4.79 Å². The Morgan fingerprint density at radius 3 is 2.59 bits per heavy atom. The van der Waals surface area contributed by atoms with Crippen LogP contribution in [0.15, 0.2) is 16.9 Å². The second-order valence-corrected chi connectivity index (χ2v) is 6.16. The van der Waals surface area contributed by atoms with Crippen LogP contribution in [0, 0.1) is 0 Å². The lowest BCUT2D eigenvalue weighted by Crippen LogP contribution is -2.44. The van der Waals surface area contributed by atoms with Crippen molar-refractivity contribution in [2.45, 2.75) is 24.3 Å². The lowest BCUT2D eigenvalue weighted by atomic mass is 10.2. The Labute approximate surface area is 104 Å². The van der Waals surface area contributed by atoms with Gasteiger partial charge in [-0.15, -0.1) is 0 Å². The van der Waals surface area contributed by atoms with Gasteiger partial charge in [0, 0.05) is 29.7 Å². The number of aromatic amines is 1. The highest BCUT2D eigenvalue weighted by molar-refractivity contribution is 8.00. The van der Waals surface area contributed by atoms with Crippen molar-refractivity contribution in [1.82, 2.24) is 15.1 Å². The van der Waals surface area contributed by atoms with Crippen molar-refractivity contribution in [2.24, 2.45) is 0 Å². The number of amides is 1. The maximum atomic E-state index is 12.1. The molecule has 17 heavy (non-hydrogen) atoms. The molecule has 1 aromatic heterocycles. The first-order chi connectivity index (χ1) is 8.06. The first-order valence-electron chi connectivity index (χ1n) is 5.56. The molecule has 2 unspecified atom stereocenters.